The standard InChI is InChI=1S/C16H22N2O/c1-4-9-18-16(19)15(11-17)10-13-5-7-14(8-6-13)12(2)3/h5-8,12,15H,4,9-10H2,1-3H3,(H,18,19). The van der Waals surface area contributed by atoms with E-state index in [1.807, 2.05) is 19.1 Å². The van der Waals surface area contributed by atoms with E-state index >= 15 is 0 Å². The first kappa shape index (κ1) is 15.2. The van der Waals surface area contributed by atoms with Gasteiger partial charge in [0.05, 0.1) is 6.07 Å². The number of nitriles is 1. The predicted octanol–water partition coefficient (Wildman–Crippen LogP) is 3.02. The minimum absolute atomic E-state index is 0.169. The Balaban J connectivity index is 2.66. The molecule has 0 radical (unpaired) electrons. The molecule has 0 heterocycles. The maximum absolute atomic E-state index is 11.8. The van der Waals surface area contributed by atoms with Crippen LogP contribution in [0.25, 0.3) is 0 Å². The molecule has 0 aliphatic rings. The molecule has 1 amide bonds. The second-order valence-corrected chi connectivity index (χ2v) is 5.07. The van der Waals surface area contributed by atoms with Gasteiger partial charge in [-0.1, -0.05) is 45.0 Å². The van der Waals surface area contributed by atoms with Crippen molar-refractivity contribution in [2.24, 2.45) is 5.92 Å². The zero-order chi connectivity index (χ0) is 14.3. The third kappa shape index (κ3) is 4.75. The monoisotopic (exact) mass is 258 g/mol. The van der Waals surface area contributed by atoms with Crippen LogP contribution in [0.3, 0.4) is 0 Å². The summed E-state index contributed by atoms with van der Waals surface area (Å²) in [6.07, 6.45) is 1.36. The van der Waals surface area contributed by atoms with Crippen LogP contribution >= 0.6 is 0 Å². The van der Waals surface area contributed by atoms with Crippen LogP contribution in [0.15, 0.2) is 24.3 Å². The van der Waals surface area contributed by atoms with Gasteiger partial charge in [0.2, 0.25) is 5.91 Å². The van der Waals surface area contributed by atoms with E-state index in [1.165, 1.54) is 5.56 Å². The third-order valence-electron chi connectivity index (χ3n) is 3.11. The normalized spacial score (nSPS) is 11.9. The van der Waals surface area contributed by atoms with E-state index in [-0.39, 0.29) is 5.91 Å². The highest BCUT2D eigenvalue weighted by atomic mass is 16.1. The molecule has 1 atom stereocenters. The van der Waals surface area contributed by atoms with Crippen LogP contribution in [-0.2, 0) is 11.2 Å². The number of rotatable bonds is 6. The Labute approximate surface area is 115 Å². The molecule has 3 nitrogen and oxygen atoms in total. The molecule has 0 fully saturated rings. The minimum atomic E-state index is -0.601. The molecule has 1 rings (SSSR count). The molecule has 0 aromatic heterocycles. The van der Waals surface area contributed by atoms with Gasteiger partial charge in [-0.15, -0.1) is 0 Å². The zero-order valence-electron chi connectivity index (χ0n) is 11.9. The van der Waals surface area contributed by atoms with Gasteiger partial charge in [0, 0.05) is 6.54 Å². The van der Waals surface area contributed by atoms with E-state index in [1.54, 1.807) is 0 Å². The molecule has 0 spiro atoms. The van der Waals surface area contributed by atoms with Crippen molar-refractivity contribution in [3.8, 4) is 6.07 Å². The van der Waals surface area contributed by atoms with Crippen molar-refractivity contribution in [2.75, 3.05) is 6.54 Å². The van der Waals surface area contributed by atoms with Crippen molar-refractivity contribution in [2.45, 2.75) is 39.5 Å². The highest BCUT2D eigenvalue weighted by Crippen LogP contribution is 2.16. The summed E-state index contributed by atoms with van der Waals surface area (Å²) in [6.45, 7) is 6.91. The predicted molar refractivity (Wildman–Crippen MR) is 76.6 cm³/mol. The summed E-state index contributed by atoms with van der Waals surface area (Å²) in [5, 5.41) is 11.9. The highest BCUT2D eigenvalue weighted by molar-refractivity contribution is 5.81. The maximum atomic E-state index is 11.8. The molecule has 1 aromatic carbocycles. The van der Waals surface area contributed by atoms with Crippen LogP contribution in [0, 0.1) is 17.2 Å². The van der Waals surface area contributed by atoms with Gasteiger partial charge < -0.3 is 5.32 Å². The van der Waals surface area contributed by atoms with Crippen molar-refractivity contribution in [1.29, 1.82) is 5.26 Å². The molecular weight excluding hydrogens is 236 g/mol. The first-order valence-electron chi connectivity index (χ1n) is 6.84. The number of nitrogens with zero attached hydrogens (tertiary/aromatic N) is 1. The van der Waals surface area contributed by atoms with Crippen LogP contribution < -0.4 is 5.32 Å². The Bertz CT molecular complexity index is 443. The Morgan fingerprint density at radius 3 is 2.42 bits per heavy atom. The van der Waals surface area contributed by atoms with Gasteiger partial charge in [-0.2, -0.15) is 5.26 Å². The third-order valence-corrected chi connectivity index (χ3v) is 3.11. The van der Waals surface area contributed by atoms with Crippen molar-refractivity contribution in [3.05, 3.63) is 35.4 Å². The van der Waals surface area contributed by atoms with Gasteiger partial charge in [-0.25, -0.2) is 0 Å². The van der Waals surface area contributed by atoms with Gasteiger partial charge in [-0.05, 0) is 29.9 Å². The lowest BCUT2D eigenvalue weighted by Crippen LogP contribution is -2.31. The van der Waals surface area contributed by atoms with Crippen molar-refractivity contribution < 1.29 is 4.79 Å². The molecule has 102 valence electrons. The summed E-state index contributed by atoms with van der Waals surface area (Å²) in [5.74, 6) is -0.276. The topological polar surface area (TPSA) is 52.9 Å². The molecule has 0 aliphatic heterocycles. The zero-order valence-corrected chi connectivity index (χ0v) is 11.9. The lowest BCUT2D eigenvalue weighted by atomic mass is 9.96. The number of benzene rings is 1. The number of nitrogens with one attached hydrogen (secondary N) is 1. The number of hydrogen-bond donors (Lipinski definition) is 1. The second kappa shape index (κ2) is 7.58. The van der Waals surface area contributed by atoms with Crippen molar-refractivity contribution >= 4 is 5.91 Å². The lowest BCUT2D eigenvalue weighted by molar-refractivity contribution is -0.123. The molecule has 19 heavy (non-hydrogen) atoms. The summed E-state index contributed by atoms with van der Waals surface area (Å²) in [5.41, 5.74) is 2.30. The average Bonchev–Trinajstić information content (AvgIpc) is 2.42. The SMILES string of the molecule is CCCNC(=O)C(C#N)Cc1ccc(C(C)C)cc1. The number of carbonyl (C=O) groups is 1. The van der Waals surface area contributed by atoms with Crippen LogP contribution in [-0.4, -0.2) is 12.5 Å². The summed E-state index contributed by atoms with van der Waals surface area (Å²) >= 11 is 0. The van der Waals surface area contributed by atoms with Gasteiger partial charge >= 0.3 is 0 Å². The Kier molecular flexibility index (Phi) is 6.08. The molecule has 1 aromatic rings. The summed E-state index contributed by atoms with van der Waals surface area (Å²) in [7, 11) is 0. The van der Waals surface area contributed by atoms with E-state index in [0.717, 1.165) is 12.0 Å². The Morgan fingerprint density at radius 1 is 1.32 bits per heavy atom. The highest BCUT2D eigenvalue weighted by Gasteiger charge is 2.17. The molecule has 1 unspecified atom stereocenters. The van der Waals surface area contributed by atoms with Gasteiger partial charge in [-0.3, -0.25) is 4.79 Å². The fourth-order valence-electron chi connectivity index (χ4n) is 1.84. The van der Waals surface area contributed by atoms with Crippen molar-refractivity contribution in [3.63, 3.8) is 0 Å². The smallest absolute Gasteiger partial charge is 0.237 e. The quantitative estimate of drug-likeness (QED) is 0.852. The average molecular weight is 258 g/mol. The first-order valence-corrected chi connectivity index (χ1v) is 6.84. The van der Waals surface area contributed by atoms with E-state index in [9.17, 15) is 4.79 Å². The van der Waals surface area contributed by atoms with Gasteiger partial charge in [0.25, 0.3) is 0 Å². The summed E-state index contributed by atoms with van der Waals surface area (Å²) in [6, 6.07) is 10.2. The maximum Gasteiger partial charge on any atom is 0.237 e. The number of carbonyl (C=O) groups excluding carboxylic acids is 1. The van der Waals surface area contributed by atoms with E-state index < -0.39 is 5.92 Å². The fraction of sp³-hybridized carbons (Fsp3) is 0.500. The van der Waals surface area contributed by atoms with E-state index in [2.05, 4.69) is 37.4 Å². The molecular formula is C16H22N2O. The summed E-state index contributed by atoms with van der Waals surface area (Å²) < 4.78 is 0. The lowest BCUT2D eigenvalue weighted by Gasteiger charge is -2.11. The Hall–Kier alpha value is -1.82. The van der Waals surface area contributed by atoms with Crippen LogP contribution in [0.5, 0.6) is 0 Å². The fourth-order valence-corrected chi connectivity index (χ4v) is 1.84. The van der Waals surface area contributed by atoms with Gasteiger partial charge in [0.1, 0.15) is 5.92 Å². The van der Waals surface area contributed by atoms with Gasteiger partial charge in [0.15, 0.2) is 0 Å². The number of amides is 1. The Morgan fingerprint density at radius 2 is 1.95 bits per heavy atom. The van der Waals surface area contributed by atoms with E-state index in [0.29, 0.717) is 18.9 Å². The first-order chi connectivity index (χ1) is 9.08. The van der Waals surface area contributed by atoms with Crippen LogP contribution in [0.2, 0.25) is 0 Å². The largest absolute Gasteiger partial charge is 0.355 e. The van der Waals surface area contributed by atoms with Crippen LogP contribution in [0.4, 0.5) is 0 Å². The molecule has 0 saturated heterocycles. The number of hydrogen-bond acceptors (Lipinski definition) is 2. The molecule has 3 heteroatoms. The van der Waals surface area contributed by atoms with Crippen molar-refractivity contribution in [1.82, 2.24) is 5.32 Å². The molecule has 0 saturated carbocycles. The molecule has 0 aliphatic carbocycles. The molecule has 1 N–H and O–H groups in total. The summed E-state index contributed by atoms with van der Waals surface area (Å²) in [4.78, 5) is 11.8. The minimum Gasteiger partial charge on any atom is -0.355 e. The van der Waals surface area contributed by atoms with Crippen LogP contribution in [0.1, 0.15) is 44.2 Å². The second-order valence-electron chi connectivity index (χ2n) is 5.07. The van der Waals surface area contributed by atoms with E-state index in [4.69, 9.17) is 5.26 Å². The molecule has 0 bridgehead atoms.